The van der Waals surface area contributed by atoms with Crippen LogP contribution in [0.15, 0.2) is 36.7 Å². The number of carbonyl (C=O) groups is 2. The van der Waals surface area contributed by atoms with E-state index in [1.165, 1.54) is 6.07 Å². The number of hydrogen-bond donors (Lipinski definition) is 0. The van der Waals surface area contributed by atoms with Gasteiger partial charge in [-0.2, -0.15) is 0 Å². The Morgan fingerprint density at radius 2 is 1.68 bits per heavy atom. The minimum absolute atomic E-state index is 0.0382. The van der Waals surface area contributed by atoms with Gasteiger partial charge in [-0.25, -0.2) is 9.07 Å². The maximum atomic E-state index is 13.1. The van der Waals surface area contributed by atoms with Crippen LogP contribution in [-0.4, -0.2) is 31.5 Å². The van der Waals surface area contributed by atoms with Crippen LogP contribution in [0.5, 0.6) is 0 Å². The van der Waals surface area contributed by atoms with Gasteiger partial charge in [-0.05, 0) is 62.4 Å². The van der Waals surface area contributed by atoms with Crippen LogP contribution in [-0.2, 0) is 9.59 Å². The van der Waals surface area contributed by atoms with E-state index in [0.29, 0.717) is 24.2 Å². The largest absolute Gasteiger partial charge is 0.299 e. The molecule has 1 aromatic carbocycles. The Morgan fingerprint density at radius 3 is 2.26 bits per heavy atom. The van der Waals surface area contributed by atoms with E-state index in [9.17, 15) is 14.0 Å². The van der Waals surface area contributed by atoms with E-state index in [1.807, 2.05) is 39.8 Å². The highest BCUT2D eigenvalue weighted by Crippen LogP contribution is 2.38. The molecule has 1 saturated carbocycles. The second-order valence-corrected chi connectivity index (χ2v) is 8.53. The Bertz CT molecular complexity index is 1110. The van der Waals surface area contributed by atoms with Crippen LogP contribution < -0.4 is 0 Å². The minimum Gasteiger partial charge on any atom is -0.299 e. The summed E-state index contributed by atoms with van der Waals surface area (Å²) in [5.74, 6) is -1.33. The Balaban J connectivity index is 1.54. The molecular weight excluding hydrogens is 395 g/mol. The van der Waals surface area contributed by atoms with Crippen molar-refractivity contribution in [2.45, 2.75) is 52.5 Å². The summed E-state index contributed by atoms with van der Waals surface area (Å²) in [5.41, 5.74) is 4.99. The molecule has 0 bridgehead atoms. The number of aromatic nitrogens is 4. The van der Waals surface area contributed by atoms with Crippen molar-refractivity contribution in [3.63, 3.8) is 0 Å². The second-order valence-electron chi connectivity index (χ2n) is 8.53. The number of hydrogen-bond acceptors (Lipinski definition) is 5. The first-order valence-electron chi connectivity index (χ1n) is 10.4. The summed E-state index contributed by atoms with van der Waals surface area (Å²) >= 11 is 0. The third-order valence-electron chi connectivity index (χ3n) is 6.20. The predicted molar refractivity (Wildman–Crippen MR) is 114 cm³/mol. The van der Waals surface area contributed by atoms with E-state index in [1.54, 1.807) is 16.9 Å². The average molecular weight is 420 g/mol. The summed E-state index contributed by atoms with van der Waals surface area (Å²) in [6.45, 7) is 7.88. The molecule has 0 radical (unpaired) electrons. The van der Waals surface area contributed by atoms with E-state index in [0.717, 1.165) is 28.5 Å². The fraction of sp³-hybridized carbons (Fsp3) is 0.375. The molecule has 1 atom stereocenters. The molecule has 0 N–H and O–H groups in total. The fourth-order valence-electron chi connectivity index (χ4n) is 4.65. The maximum Gasteiger partial charge on any atom is 0.148 e. The first-order chi connectivity index (χ1) is 14.7. The van der Waals surface area contributed by atoms with Crippen LogP contribution in [0.2, 0.25) is 0 Å². The van der Waals surface area contributed by atoms with E-state index in [2.05, 4.69) is 15.3 Å². The number of aryl methyl sites for hydroxylation is 3. The van der Waals surface area contributed by atoms with Crippen molar-refractivity contribution < 1.29 is 14.0 Å². The van der Waals surface area contributed by atoms with Gasteiger partial charge in [0.15, 0.2) is 0 Å². The van der Waals surface area contributed by atoms with E-state index >= 15 is 0 Å². The summed E-state index contributed by atoms with van der Waals surface area (Å²) < 4.78 is 14.8. The predicted octanol–water partition coefficient (Wildman–Crippen LogP) is 4.30. The lowest BCUT2D eigenvalue weighted by atomic mass is 9.72. The normalized spacial score (nSPS) is 20.2. The number of benzene rings is 1. The number of ketones is 2. The standard InChI is InChI=1S/C24H25FN4O2/c1-13-7-14(2)23(15(3)8-13)24-21(30)9-17(10-22(24)31)16(4)29-12-20(27-28-29)19-6-5-18(25)11-26-19/h5-8,11-12,16-17,24H,9-10H2,1-4H3. The van der Waals surface area contributed by atoms with Gasteiger partial charge in [-0.3, -0.25) is 14.6 Å². The lowest BCUT2D eigenvalue weighted by molar-refractivity contribution is -0.134. The number of nitrogens with zero attached hydrogens (tertiary/aromatic N) is 4. The molecule has 4 rings (SSSR count). The SMILES string of the molecule is Cc1cc(C)c(C2C(=O)CC(C(C)n3cc(-c4ccc(F)cn4)nn3)CC2=O)c(C)c1. The smallest absolute Gasteiger partial charge is 0.148 e. The van der Waals surface area contributed by atoms with E-state index < -0.39 is 11.7 Å². The van der Waals surface area contributed by atoms with Gasteiger partial charge in [-0.1, -0.05) is 22.9 Å². The molecule has 1 unspecified atom stereocenters. The molecular formula is C24H25FN4O2. The van der Waals surface area contributed by atoms with Crippen LogP contribution in [0.3, 0.4) is 0 Å². The molecule has 31 heavy (non-hydrogen) atoms. The minimum atomic E-state index is -0.682. The monoisotopic (exact) mass is 420 g/mol. The molecule has 0 saturated heterocycles. The summed E-state index contributed by atoms with van der Waals surface area (Å²) in [6.07, 6.45) is 3.48. The molecule has 1 aliphatic rings. The third kappa shape index (κ3) is 4.04. The van der Waals surface area contributed by atoms with Crippen molar-refractivity contribution in [3.05, 3.63) is 64.7 Å². The molecule has 0 amide bonds. The Kier molecular flexibility index (Phi) is 5.52. The Hall–Kier alpha value is -3.22. The van der Waals surface area contributed by atoms with Crippen molar-refractivity contribution in [3.8, 4) is 11.4 Å². The van der Waals surface area contributed by atoms with Gasteiger partial charge in [0.2, 0.25) is 0 Å². The number of carbonyl (C=O) groups excluding carboxylic acids is 2. The maximum absolute atomic E-state index is 13.1. The molecule has 1 aliphatic carbocycles. The third-order valence-corrected chi connectivity index (χ3v) is 6.20. The van der Waals surface area contributed by atoms with E-state index in [4.69, 9.17) is 0 Å². The zero-order valence-corrected chi connectivity index (χ0v) is 18.1. The number of pyridine rings is 1. The Labute approximate surface area is 180 Å². The Morgan fingerprint density at radius 1 is 1.03 bits per heavy atom. The second kappa shape index (κ2) is 8.13. The zero-order valence-electron chi connectivity index (χ0n) is 18.1. The van der Waals surface area contributed by atoms with Crippen LogP contribution in [0.1, 0.15) is 54.0 Å². The zero-order chi connectivity index (χ0) is 22.3. The quantitative estimate of drug-likeness (QED) is 0.588. The topological polar surface area (TPSA) is 77.7 Å². The molecule has 0 spiro atoms. The molecule has 6 nitrogen and oxygen atoms in total. The average Bonchev–Trinajstić information content (AvgIpc) is 3.19. The van der Waals surface area contributed by atoms with Gasteiger partial charge < -0.3 is 0 Å². The summed E-state index contributed by atoms with van der Waals surface area (Å²) in [7, 11) is 0. The van der Waals surface area contributed by atoms with Gasteiger partial charge >= 0.3 is 0 Å². The molecule has 2 aromatic heterocycles. The highest BCUT2D eigenvalue weighted by atomic mass is 19.1. The molecule has 7 heteroatoms. The summed E-state index contributed by atoms with van der Waals surface area (Å²) in [4.78, 5) is 30.2. The molecule has 160 valence electrons. The van der Waals surface area contributed by atoms with Crippen LogP contribution in [0, 0.1) is 32.5 Å². The van der Waals surface area contributed by atoms with Crippen molar-refractivity contribution in [2.75, 3.05) is 0 Å². The number of halogens is 1. The van der Waals surface area contributed by atoms with Crippen LogP contribution >= 0.6 is 0 Å². The molecule has 2 heterocycles. The summed E-state index contributed by atoms with van der Waals surface area (Å²) in [6, 6.07) is 6.73. The van der Waals surface area contributed by atoms with Crippen LogP contribution in [0.25, 0.3) is 11.4 Å². The number of Topliss-reactive ketones (excluding diaryl/α,β-unsaturated/α-hetero) is 2. The van der Waals surface area contributed by atoms with Gasteiger partial charge in [-0.15, -0.1) is 5.10 Å². The fourth-order valence-corrected chi connectivity index (χ4v) is 4.65. The van der Waals surface area contributed by atoms with Crippen molar-refractivity contribution >= 4 is 11.6 Å². The first kappa shape index (κ1) is 21.0. The first-order valence-corrected chi connectivity index (χ1v) is 10.4. The number of rotatable bonds is 4. The highest BCUT2D eigenvalue weighted by molar-refractivity contribution is 6.10. The van der Waals surface area contributed by atoms with Gasteiger partial charge in [0.25, 0.3) is 0 Å². The highest BCUT2D eigenvalue weighted by Gasteiger charge is 2.40. The van der Waals surface area contributed by atoms with Crippen molar-refractivity contribution in [2.24, 2.45) is 5.92 Å². The van der Waals surface area contributed by atoms with Crippen molar-refractivity contribution in [1.82, 2.24) is 20.0 Å². The van der Waals surface area contributed by atoms with E-state index in [-0.39, 0.29) is 23.5 Å². The lowest BCUT2D eigenvalue weighted by Gasteiger charge is -2.31. The summed E-state index contributed by atoms with van der Waals surface area (Å²) in [5, 5.41) is 8.29. The van der Waals surface area contributed by atoms with Gasteiger partial charge in [0.05, 0.1) is 24.1 Å². The van der Waals surface area contributed by atoms with Crippen molar-refractivity contribution in [1.29, 1.82) is 0 Å². The lowest BCUT2D eigenvalue weighted by Crippen LogP contribution is -2.35. The molecule has 3 aromatic rings. The molecule has 0 aliphatic heterocycles. The van der Waals surface area contributed by atoms with Crippen LogP contribution in [0.4, 0.5) is 4.39 Å². The molecule has 1 fully saturated rings. The van der Waals surface area contributed by atoms with Gasteiger partial charge in [0.1, 0.15) is 29.0 Å². The van der Waals surface area contributed by atoms with Gasteiger partial charge in [0, 0.05) is 12.8 Å².